The first kappa shape index (κ1) is 13.1. The maximum absolute atomic E-state index is 11.9. The second-order valence-electron chi connectivity index (χ2n) is 4.07. The lowest BCUT2D eigenvalue weighted by atomic mass is 10.2. The molecule has 1 heterocycles. The van der Waals surface area contributed by atoms with Crippen molar-refractivity contribution in [3.63, 3.8) is 0 Å². The van der Waals surface area contributed by atoms with Crippen molar-refractivity contribution in [1.29, 1.82) is 0 Å². The Morgan fingerprint density at radius 3 is 2.63 bits per heavy atom. The molecule has 0 radical (unpaired) electrons. The van der Waals surface area contributed by atoms with Crippen LogP contribution in [0.2, 0.25) is 0 Å². The molecule has 0 aliphatic rings. The van der Waals surface area contributed by atoms with Crippen LogP contribution in [0.1, 0.15) is 23.0 Å². The molecule has 100 valence electrons. The van der Waals surface area contributed by atoms with Gasteiger partial charge in [0.05, 0.1) is 19.3 Å². The van der Waals surface area contributed by atoms with E-state index < -0.39 is 0 Å². The van der Waals surface area contributed by atoms with Gasteiger partial charge in [0.15, 0.2) is 0 Å². The molecule has 1 aromatic carbocycles. The van der Waals surface area contributed by atoms with Crippen LogP contribution >= 0.6 is 0 Å². The predicted molar refractivity (Wildman–Crippen MR) is 72.1 cm³/mol. The summed E-state index contributed by atoms with van der Waals surface area (Å²) in [6, 6.07) is 8.90. The van der Waals surface area contributed by atoms with Gasteiger partial charge in [0.25, 0.3) is 5.91 Å². The Labute approximate surface area is 112 Å². The quantitative estimate of drug-likeness (QED) is 0.891. The van der Waals surface area contributed by atoms with E-state index in [4.69, 9.17) is 4.74 Å². The second kappa shape index (κ2) is 6.04. The van der Waals surface area contributed by atoms with Crippen molar-refractivity contribution in [3.8, 4) is 5.75 Å². The molecular weight excluding hydrogens is 242 g/mol. The van der Waals surface area contributed by atoms with Crippen molar-refractivity contribution in [2.45, 2.75) is 20.0 Å². The molecule has 0 bridgehead atoms. The summed E-state index contributed by atoms with van der Waals surface area (Å²) in [5.41, 5.74) is 1.46. The van der Waals surface area contributed by atoms with Crippen LogP contribution in [0.25, 0.3) is 0 Å². The Balaban J connectivity index is 1.93. The highest BCUT2D eigenvalue weighted by molar-refractivity contribution is 5.94. The molecule has 2 rings (SSSR count). The Morgan fingerprint density at radius 2 is 2.05 bits per heavy atom. The van der Waals surface area contributed by atoms with Crippen LogP contribution in [0.4, 0.5) is 0 Å². The number of rotatable bonds is 5. The number of nitrogens with one attached hydrogen (secondary N) is 1. The Kier molecular flexibility index (Phi) is 4.18. The van der Waals surface area contributed by atoms with Crippen LogP contribution in [0.15, 0.2) is 36.5 Å². The lowest BCUT2D eigenvalue weighted by Crippen LogP contribution is -2.23. The van der Waals surface area contributed by atoms with Crippen molar-refractivity contribution in [2.24, 2.45) is 0 Å². The summed E-state index contributed by atoms with van der Waals surface area (Å²) in [6.07, 6.45) is 1.90. The van der Waals surface area contributed by atoms with Crippen molar-refractivity contribution in [1.82, 2.24) is 15.1 Å². The summed E-state index contributed by atoms with van der Waals surface area (Å²) in [7, 11) is 1.60. The van der Waals surface area contributed by atoms with Crippen LogP contribution in [0.3, 0.4) is 0 Å². The number of amides is 1. The topological polar surface area (TPSA) is 56.2 Å². The van der Waals surface area contributed by atoms with Gasteiger partial charge in [0.1, 0.15) is 5.75 Å². The zero-order valence-electron chi connectivity index (χ0n) is 11.1. The van der Waals surface area contributed by atoms with Crippen LogP contribution in [0, 0.1) is 0 Å². The molecule has 0 aliphatic heterocycles. The van der Waals surface area contributed by atoms with Gasteiger partial charge in [0.2, 0.25) is 0 Å². The standard InChI is InChI=1S/C14H17N3O2/c1-3-17-9-8-12(16-17)10-15-14(18)11-4-6-13(19-2)7-5-11/h4-9H,3,10H2,1-2H3,(H,15,18). The summed E-state index contributed by atoms with van der Waals surface area (Å²) in [6.45, 7) is 3.27. The number of ether oxygens (including phenoxy) is 1. The first-order valence-corrected chi connectivity index (χ1v) is 6.17. The van der Waals surface area contributed by atoms with Crippen LogP contribution in [-0.4, -0.2) is 22.8 Å². The van der Waals surface area contributed by atoms with Gasteiger partial charge in [-0.1, -0.05) is 0 Å². The minimum Gasteiger partial charge on any atom is -0.497 e. The van der Waals surface area contributed by atoms with Crippen LogP contribution < -0.4 is 10.1 Å². The third-order valence-corrected chi connectivity index (χ3v) is 2.80. The fourth-order valence-electron chi connectivity index (χ4n) is 1.69. The lowest BCUT2D eigenvalue weighted by Gasteiger charge is -2.04. The third-order valence-electron chi connectivity index (χ3n) is 2.80. The summed E-state index contributed by atoms with van der Waals surface area (Å²) in [5, 5.41) is 7.14. The van der Waals surface area contributed by atoms with Gasteiger partial charge in [-0.3, -0.25) is 9.48 Å². The zero-order valence-corrected chi connectivity index (χ0v) is 11.1. The number of aromatic nitrogens is 2. The van der Waals surface area contributed by atoms with Crippen molar-refractivity contribution >= 4 is 5.91 Å². The van der Waals surface area contributed by atoms with Gasteiger partial charge in [-0.05, 0) is 37.3 Å². The highest BCUT2D eigenvalue weighted by Gasteiger charge is 2.06. The molecule has 2 aromatic rings. The van der Waals surface area contributed by atoms with E-state index in [1.807, 2.05) is 23.9 Å². The molecule has 0 unspecified atom stereocenters. The fraction of sp³-hybridized carbons (Fsp3) is 0.286. The molecule has 1 amide bonds. The Morgan fingerprint density at radius 1 is 1.32 bits per heavy atom. The number of hydrogen-bond acceptors (Lipinski definition) is 3. The highest BCUT2D eigenvalue weighted by Crippen LogP contribution is 2.11. The van der Waals surface area contributed by atoms with Gasteiger partial charge < -0.3 is 10.1 Å². The number of carbonyl (C=O) groups excluding carboxylic acids is 1. The van der Waals surface area contributed by atoms with E-state index in [0.29, 0.717) is 12.1 Å². The lowest BCUT2D eigenvalue weighted by molar-refractivity contribution is 0.0950. The van der Waals surface area contributed by atoms with E-state index in [9.17, 15) is 4.79 Å². The average Bonchev–Trinajstić information content (AvgIpc) is 2.93. The Hall–Kier alpha value is -2.30. The molecule has 5 heteroatoms. The van der Waals surface area contributed by atoms with Crippen LogP contribution in [0.5, 0.6) is 5.75 Å². The van der Waals surface area contributed by atoms with Gasteiger partial charge in [0, 0.05) is 18.3 Å². The molecule has 1 aromatic heterocycles. The number of nitrogens with zero attached hydrogens (tertiary/aromatic N) is 2. The van der Waals surface area contributed by atoms with Gasteiger partial charge in [-0.2, -0.15) is 5.10 Å². The average molecular weight is 259 g/mol. The highest BCUT2D eigenvalue weighted by atomic mass is 16.5. The first-order chi connectivity index (χ1) is 9.22. The third kappa shape index (κ3) is 3.34. The SMILES string of the molecule is CCn1ccc(CNC(=O)c2ccc(OC)cc2)n1. The normalized spacial score (nSPS) is 10.2. The van der Waals surface area contributed by atoms with E-state index in [1.165, 1.54) is 0 Å². The molecule has 0 atom stereocenters. The van der Waals surface area contributed by atoms with Crippen molar-refractivity contribution < 1.29 is 9.53 Å². The predicted octanol–water partition coefficient (Wildman–Crippen LogP) is 1.84. The fourth-order valence-corrected chi connectivity index (χ4v) is 1.69. The minimum absolute atomic E-state index is 0.117. The maximum atomic E-state index is 11.9. The summed E-state index contributed by atoms with van der Waals surface area (Å²) in [4.78, 5) is 11.9. The minimum atomic E-state index is -0.117. The molecule has 0 saturated carbocycles. The summed E-state index contributed by atoms with van der Waals surface area (Å²) >= 11 is 0. The maximum Gasteiger partial charge on any atom is 0.251 e. The number of aryl methyl sites for hydroxylation is 1. The number of hydrogen-bond donors (Lipinski definition) is 1. The monoisotopic (exact) mass is 259 g/mol. The van der Waals surface area contributed by atoms with E-state index in [0.717, 1.165) is 18.0 Å². The molecule has 1 N–H and O–H groups in total. The van der Waals surface area contributed by atoms with E-state index in [-0.39, 0.29) is 5.91 Å². The molecule has 5 nitrogen and oxygen atoms in total. The zero-order chi connectivity index (χ0) is 13.7. The molecule has 0 saturated heterocycles. The summed E-state index contributed by atoms with van der Waals surface area (Å²) in [5.74, 6) is 0.618. The molecule has 19 heavy (non-hydrogen) atoms. The van der Waals surface area contributed by atoms with Crippen molar-refractivity contribution in [2.75, 3.05) is 7.11 Å². The molecular formula is C14H17N3O2. The van der Waals surface area contributed by atoms with E-state index >= 15 is 0 Å². The van der Waals surface area contributed by atoms with E-state index in [1.54, 1.807) is 31.4 Å². The smallest absolute Gasteiger partial charge is 0.251 e. The molecule has 0 aliphatic carbocycles. The number of benzene rings is 1. The molecule has 0 spiro atoms. The summed E-state index contributed by atoms with van der Waals surface area (Å²) < 4.78 is 6.88. The first-order valence-electron chi connectivity index (χ1n) is 6.17. The van der Waals surface area contributed by atoms with E-state index in [2.05, 4.69) is 10.4 Å². The second-order valence-corrected chi connectivity index (χ2v) is 4.07. The van der Waals surface area contributed by atoms with Gasteiger partial charge >= 0.3 is 0 Å². The molecule has 0 fully saturated rings. The number of methoxy groups -OCH3 is 1. The Bertz CT molecular complexity index is 546. The van der Waals surface area contributed by atoms with Gasteiger partial charge in [-0.25, -0.2) is 0 Å². The largest absolute Gasteiger partial charge is 0.497 e. The van der Waals surface area contributed by atoms with Crippen LogP contribution in [-0.2, 0) is 13.1 Å². The number of carbonyl (C=O) groups is 1. The van der Waals surface area contributed by atoms with Gasteiger partial charge in [-0.15, -0.1) is 0 Å². The van der Waals surface area contributed by atoms with Crippen molar-refractivity contribution in [3.05, 3.63) is 47.8 Å².